The predicted molar refractivity (Wildman–Crippen MR) is 42.7 cm³/mol. The summed E-state index contributed by atoms with van der Waals surface area (Å²) in [5, 5.41) is 7.94. The van der Waals surface area contributed by atoms with E-state index in [1.807, 2.05) is 0 Å². The van der Waals surface area contributed by atoms with Crippen molar-refractivity contribution in [2.24, 2.45) is 0 Å². The molecule has 0 radical (unpaired) electrons. The van der Waals surface area contributed by atoms with Gasteiger partial charge in [-0.05, 0) is 0 Å². The van der Waals surface area contributed by atoms with Crippen molar-refractivity contribution >= 4 is 5.97 Å². The summed E-state index contributed by atoms with van der Waals surface area (Å²) in [6.45, 7) is 0. The first-order valence-electron chi connectivity index (χ1n) is 4.71. The Labute approximate surface area is 108 Å². The van der Waals surface area contributed by atoms with Crippen LogP contribution in [0.5, 0.6) is 0 Å². The molecule has 1 N–H and O–H groups in total. The van der Waals surface area contributed by atoms with Gasteiger partial charge in [0.2, 0.25) is 0 Å². The Hall–Kier alpha value is -1.30. The highest BCUT2D eigenvalue weighted by molar-refractivity contribution is 5.66. The molecule has 126 valence electrons. The van der Waals surface area contributed by atoms with E-state index in [4.69, 9.17) is 5.11 Å². The van der Waals surface area contributed by atoms with Crippen LogP contribution in [-0.4, -0.2) is 40.9 Å². The summed E-state index contributed by atoms with van der Waals surface area (Å²) in [7, 11) is 0. The van der Waals surface area contributed by atoms with Crippen LogP contribution in [0.1, 0.15) is 12.8 Å². The van der Waals surface area contributed by atoms with Gasteiger partial charge in [-0.3, -0.25) is 4.79 Å². The van der Waals surface area contributed by atoms with Gasteiger partial charge in [-0.1, -0.05) is 0 Å². The average molecular weight is 342 g/mol. The number of carboxylic acid groups (broad SMARTS) is 1. The van der Waals surface area contributed by atoms with E-state index in [2.05, 4.69) is 0 Å². The fraction of sp³-hybridized carbons (Fsp3) is 0.875. The number of rotatable bonds is 6. The SMILES string of the molecule is O=C(O)CCC(F)(F)C(F)(F)C(F)(F)C(F)(F)C(F)(F)F. The topological polar surface area (TPSA) is 37.3 Å². The van der Waals surface area contributed by atoms with Gasteiger partial charge >= 0.3 is 35.8 Å². The van der Waals surface area contributed by atoms with Crippen LogP contribution < -0.4 is 0 Å². The maximum Gasteiger partial charge on any atom is 0.460 e. The van der Waals surface area contributed by atoms with E-state index >= 15 is 0 Å². The maximum atomic E-state index is 12.8. The van der Waals surface area contributed by atoms with E-state index in [9.17, 15) is 53.1 Å². The van der Waals surface area contributed by atoms with Crippen molar-refractivity contribution in [3.63, 3.8) is 0 Å². The molecule has 0 aliphatic rings. The molecule has 0 atom stereocenters. The molecule has 0 aromatic heterocycles. The Morgan fingerprint density at radius 2 is 1.10 bits per heavy atom. The van der Waals surface area contributed by atoms with Crippen LogP contribution in [0, 0.1) is 0 Å². The Morgan fingerprint density at radius 3 is 1.38 bits per heavy atom. The maximum absolute atomic E-state index is 12.8. The fourth-order valence-corrected chi connectivity index (χ4v) is 1.03. The molecule has 0 aliphatic carbocycles. The Kier molecular flexibility index (Phi) is 4.84. The molecule has 0 saturated heterocycles. The number of halogens is 11. The molecule has 0 fully saturated rings. The highest BCUT2D eigenvalue weighted by Crippen LogP contribution is 2.58. The summed E-state index contributed by atoms with van der Waals surface area (Å²) in [5.41, 5.74) is 0. The third-order valence-corrected chi connectivity index (χ3v) is 2.26. The second-order valence-corrected chi connectivity index (χ2v) is 3.82. The van der Waals surface area contributed by atoms with Crippen molar-refractivity contribution in [2.45, 2.75) is 42.7 Å². The molecular formula is C8H5F11O2. The van der Waals surface area contributed by atoms with Gasteiger partial charge in [-0.25, -0.2) is 0 Å². The molecule has 0 aromatic rings. The monoisotopic (exact) mass is 342 g/mol. The molecule has 0 saturated carbocycles. The Morgan fingerprint density at radius 1 is 0.714 bits per heavy atom. The molecule has 0 bridgehead atoms. The second kappa shape index (κ2) is 5.16. The first kappa shape index (κ1) is 19.7. The molecule has 21 heavy (non-hydrogen) atoms. The van der Waals surface area contributed by atoms with E-state index in [0.717, 1.165) is 0 Å². The molecule has 0 amide bonds. The Bertz CT molecular complexity index is 398. The minimum absolute atomic E-state index is 1.85. The van der Waals surface area contributed by atoms with E-state index in [1.165, 1.54) is 0 Å². The van der Waals surface area contributed by atoms with Crippen LogP contribution >= 0.6 is 0 Å². The van der Waals surface area contributed by atoms with Gasteiger partial charge < -0.3 is 5.11 Å². The zero-order chi connectivity index (χ0) is 17.5. The standard InChI is InChI=1S/C8H5F11O2/c9-4(10,2-1-3(20)21)5(11,12)6(13,14)7(15,16)8(17,18)19/h1-2H2,(H,20,21). The van der Waals surface area contributed by atoms with Crippen molar-refractivity contribution in [3.05, 3.63) is 0 Å². The zero-order valence-corrected chi connectivity index (χ0v) is 9.43. The molecule has 0 unspecified atom stereocenters. The quantitative estimate of drug-likeness (QED) is 0.742. The minimum atomic E-state index is -7.49. The van der Waals surface area contributed by atoms with Gasteiger partial charge in [0.05, 0.1) is 6.42 Å². The average Bonchev–Trinajstić information content (AvgIpc) is 2.24. The number of hydrogen-bond donors (Lipinski definition) is 1. The number of alkyl halides is 11. The van der Waals surface area contributed by atoms with Crippen molar-refractivity contribution in [2.75, 3.05) is 0 Å². The highest BCUT2D eigenvalue weighted by Gasteiger charge is 2.86. The number of hydrogen-bond acceptors (Lipinski definition) is 1. The van der Waals surface area contributed by atoms with Crippen molar-refractivity contribution in [1.82, 2.24) is 0 Å². The van der Waals surface area contributed by atoms with Crippen LogP contribution in [0.3, 0.4) is 0 Å². The lowest BCUT2D eigenvalue weighted by Gasteiger charge is -2.37. The first-order valence-corrected chi connectivity index (χ1v) is 4.71. The largest absolute Gasteiger partial charge is 0.481 e. The fourth-order valence-electron chi connectivity index (χ4n) is 1.03. The lowest BCUT2D eigenvalue weighted by atomic mass is 9.95. The zero-order valence-electron chi connectivity index (χ0n) is 9.43. The number of carbonyl (C=O) groups is 1. The van der Waals surface area contributed by atoms with Gasteiger partial charge in [0.1, 0.15) is 0 Å². The van der Waals surface area contributed by atoms with Gasteiger partial charge in [0.25, 0.3) is 0 Å². The summed E-state index contributed by atoms with van der Waals surface area (Å²) < 4.78 is 136. The summed E-state index contributed by atoms with van der Waals surface area (Å²) in [6.07, 6.45) is -11.6. The molecule has 0 aliphatic heterocycles. The molecule has 13 heteroatoms. The van der Waals surface area contributed by atoms with Crippen molar-refractivity contribution < 1.29 is 58.2 Å². The van der Waals surface area contributed by atoms with E-state index in [-0.39, 0.29) is 0 Å². The lowest BCUT2D eigenvalue weighted by molar-refractivity contribution is -0.422. The molecular weight excluding hydrogens is 337 g/mol. The highest BCUT2D eigenvalue weighted by atomic mass is 19.4. The minimum Gasteiger partial charge on any atom is -0.481 e. The lowest BCUT2D eigenvalue weighted by Crippen LogP contribution is -2.66. The summed E-state index contributed by atoms with van der Waals surface area (Å²) in [5.74, 6) is -30.3. The van der Waals surface area contributed by atoms with Gasteiger partial charge in [-0.2, -0.15) is 48.3 Å². The predicted octanol–water partition coefficient (Wildman–Crippen LogP) is 3.95. The van der Waals surface area contributed by atoms with Gasteiger partial charge in [0, 0.05) is 6.42 Å². The molecule has 0 heterocycles. The smallest absolute Gasteiger partial charge is 0.460 e. The second-order valence-electron chi connectivity index (χ2n) is 3.82. The van der Waals surface area contributed by atoms with Gasteiger partial charge in [-0.15, -0.1) is 0 Å². The van der Waals surface area contributed by atoms with Crippen LogP contribution in [-0.2, 0) is 4.79 Å². The van der Waals surface area contributed by atoms with E-state index in [0.29, 0.717) is 0 Å². The summed E-state index contributed by atoms with van der Waals surface area (Å²) >= 11 is 0. The van der Waals surface area contributed by atoms with Crippen molar-refractivity contribution in [1.29, 1.82) is 0 Å². The molecule has 0 aromatic carbocycles. The van der Waals surface area contributed by atoms with Crippen molar-refractivity contribution in [3.8, 4) is 0 Å². The van der Waals surface area contributed by atoms with Gasteiger partial charge in [0.15, 0.2) is 0 Å². The first-order chi connectivity index (χ1) is 8.92. The third kappa shape index (κ3) is 3.15. The number of carboxylic acids is 1. The van der Waals surface area contributed by atoms with Crippen LogP contribution in [0.4, 0.5) is 48.3 Å². The third-order valence-electron chi connectivity index (χ3n) is 2.26. The summed E-state index contributed by atoms with van der Waals surface area (Å²) in [6, 6.07) is 0. The van der Waals surface area contributed by atoms with E-state index in [1.54, 1.807) is 0 Å². The van der Waals surface area contributed by atoms with E-state index < -0.39 is 48.7 Å². The molecule has 0 spiro atoms. The molecule has 2 nitrogen and oxygen atoms in total. The van der Waals surface area contributed by atoms with Crippen LogP contribution in [0.25, 0.3) is 0 Å². The molecule has 0 rings (SSSR count). The normalized spacial score (nSPS) is 15.2. The number of aliphatic carboxylic acids is 1. The van der Waals surface area contributed by atoms with Crippen LogP contribution in [0.15, 0.2) is 0 Å². The Balaban J connectivity index is 5.71. The summed E-state index contributed by atoms with van der Waals surface area (Å²) in [4.78, 5) is 9.88. The van der Waals surface area contributed by atoms with Crippen LogP contribution in [0.2, 0.25) is 0 Å².